The molecule has 1 heterocycles. The number of amides is 2. The van der Waals surface area contributed by atoms with Gasteiger partial charge >= 0.3 is 5.97 Å². The van der Waals surface area contributed by atoms with Gasteiger partial charge in [0.15, 0.2) is 6.61 Å². The Hall–Kier alpha value is -1.67. The van der Waals surface area contributed by atoms with Crippen LogP contribution >= 0.6 is 23.5 Å². The fourth-order valence-electron chi connectivity index (χ4n) is 1.78. The van der Waals surface area contributed by atoms with E-state index in [1.165, 1.54) is 5.56 Å². The number of primary amides is 1. The summed E-state index contributed by atoms with van der Waals surface area (Å²) in [6.07, 6.45) is 0. The van der Waals surface area contributed by atoms with Gasteiger partial charge in [-0.25, -0.2) is 4.79 Å². The highest BCUT2D eigenvalue weighted by molar-refractivity contribution is 8.19. The fourth-order valence-corrected chi connectivity index (χ4v) is 4.64. The quantitative estimate of drug-likeness (QED) is 0.747. The molecule has 2 rings (SSSR count). The van der Waals surface area contributed by atoms with E-state index in [1.807, 2.05) is 35.7 Å². The van der Waals surface area contributed by atoms with Crippen molar-refractivity contribution < 1.29 is 19.1 Å². The van der Waals surface area contributed by atoms with Crippen LogP contribution in [0.25, 0.3) is 0 Å². The van der Waals surface area contributed by atoms with E-state index in [4.69, 9.17) is 10.5 Å². The lowest BCUT2D eigenvalue weighted by atomic mass is 10.1. The second kappa shape index (κ2) is 8.09. The summed E-state index contributed by atoms with van der Waals surface area (Å²) in [5, 5.41) is 2.24. The second-order valence-corrected chi connectivity index (χ2v) is 7.24. The molecule has 1 aromatic rings. The Morgan fingerprint density at radius 1 is 1.18 bits per heavy atom. The molecule has 0 aromatic heterocycles. The normalized spacial score (nSPS) is 14.5. The smallest absolute Gasteiger partial charge is 0.338 e. The Balaban J connectivity index is 1.82. The van der Waals surface area contributed by atoms with Crippen LogP contribution in [0, 0.1) is 0 Å². The predicted octanol–water partition coefficient (Wildman–Crippen LogP) is 0.923. The van der Waals surface area contributed by atoms with Gasteiger partial charge < -0.3 is 15.8 Å². The minimum atomic E-state index is -0.655. The van der Waals surface area contributed by atoms with E-state index < -0.39 is 24.4 Å². The van der Waals surface area contributed by atoms with E-state index in [-0.39, 0.29) is 6.54 Å². The Bertz CT molecular complexity index is 556. The Kier molecular flexibility index (Phi) is 6.14. The van der Waals surface area contributed by atoms with Gasteiger partial charge in [0.1, 0.15) is 0 Å². The highest BCUT2D eigenvalue weighted by Crippen LogP contribution is 2.45. The van der Waals surface area contributed by atoms with Crippen molar-refractivity contribution in [2.45, 2.75) is 4.58 Å². The van der Waals surface area contributed by atoms with Crippen molar-refractivity contribution in [2.24, 2.45) is 5.73 Å². The van der Waals surface area contributed by atoms with Crippen LogP contribution in [0.5, 0.6) is 0 Å². The third-order valence-electron chi connectivity index (χ3n) is 2.83. The number of hydrogen-bond acceptors (Lipinski definition) is 6. The molecule has 0 radical (unpaired) electrons. The second-order valence-electron chi connectivity index (χ2n) is 4.51. The molecule has 8 heteroatoms. The first-order chi connectivity index (χ1) is 10.6. The lowest BCUT2D eigenvalue weighted by Crippen LogP contribution is -2.35. The number of nitrogens with two attached hydrogens (primary N) is 1. The van der Waals surface area contributed by atoms with Crippen molar-refractivity contribution in [3.05, 3.63) is 35.4 Å². The molecule has 22 heavy (non-hydrogen) atoms. The summed E-state index contributed by atoms with van der Waals surface area (Å²) in [6.45, 7) is -0.718. The Morgan fingerprint density at radius 2 is 1.82 bits per heavy atom. The van der Waals surface area contributed by atoms with Gasteiger partial charge in [-0.15, -0.1) is 23.5 Å². The summed E-state index contributed by atoms with van der Waals surface area (Å²) in [6, 6.07) is 7.19. The average molecular weight is 340 g/mol. The molecule has 1 fully saturated rings. The summed E-state index contributed by atoms with van der Waals surface area (Å²) in [4.78, 5) is 33.6. The number of thioether (sulfide) groups is 2. The van der Waals surface area contributed by atoms with Crippen LogP contribution in [0.1, 0.15) is 20.5 Å². The van der Waals surface area contributed by atoms with Crippen molar-refractivity contribution in [1.82, 2.24) is 5.32 Å². The highest BCUT2D eigenvalue weighted by Gasteiger charge is 2.18. The van der Waals surface area contributed by atoms with E-state index in [0.717, 1.165) is 11.5 Å². The topological polar surface area (TPSA) is 98.5 Å². The SMILES string of the molecule is NC(=O)CNC(=O)COC(=O)c1ccc(C2SCCS2)cc1. The highest BCUT2D eigenvalue weighted by atomic mass is 32.2. The molecule has 3 N–H and O–H groups in total. The van der Waals surface area contributed by atoms with Gasteiger partial charge in [-0.05, 0) is 17.7 Å². The molecule has 0 spiro atoms. The van der Waals surface area contributed by atoms with Gasteiger partial charge in [-0.1, -0.05) is 12.1 Å². The monoisotopic (exact) mass is 340 g/mol. The van der Waals surface area contributed by atoms with Crippen LogP contribution in [0.15, 0.2) is 24.3 Å². The van der Waals surface area contributed by atoms with Crippen LogP contribution in [-0.2, 0) is 14.3 Å². The molecule has 118 valence electrons. The number of hydrogen-bond donors (Lipinski definition) is 2. The number of nitrogens with one attached hydrogen (secondary N) is 1. The van der Waals surface area contributed by atoms with Crippen molar-refractivity contribution >= 4 is 41.3 Å². The predicted molar refractivity (Wildman–Crippen MR) is 86.6 cm³/mol. The van der Waals surface area contributed by atoms with Crippen LogP contribution < -0.4 is 11.1 Å². The van der Waals surface area contributed by atoms with E-state index >= 15 is 0 Å². The van der Waals surface area contributed by atoms with E-state index in [0.29, 0.717) is 10.1 Å². The number of benzene rings is 1. The number of rotatable bonds is 6. The van der Waals surface area contributed by atoms with Gasteiger partial charge in [0.05, 0.1) is 16.7 Å². The molecule has 0 atom stereocenters. The standard InChI is InChI=1S/C14H16N2O4S2/c15-11(17)7-16-12(18)8-20-13(19)9-1-3-10(4-2-9)14-21-5-6-22-14/h1-4,14H,5-8H2,(H2,15,17)(H,16,18). The first-order valence-corrected chi connectivity index (χ1v) is 8.71. The molecule has 0 bridgehead atoms. The largest absolute Gasteiger partial charge is 0.452 e. The summed E-state index contributed by atoms with van der Waals surface area (Å²) in [5.74, 6) is 0.479. The van der Waals surface area contributed by atoms with Crippen molar-refractivity contribution in [3.8, 4) is 0 Å². The van der Waals surface area contributed by atoms with Crippen molar-refractivity contribution in [3.63, 3.8) is 0 Å². The maximum Gasteiger partial charge on any atom is 0.338 e. The summed E-state index contributed by atoms with van der Waals surface area (Å²) in [7, 11) is 0. The summed E-state index contributed by atoms with van der Waals surface area (Å²) in [5.41, 5.74) is 6.45. The molecule has 0 aliphatic carbocycles. The van der Waals surface area contributed by atoms with E-state index in [9.17, 15) is 14.4 Å². The van der Waals surface area contributed by atoms with Gasteiger partial charge in [-0.2, -0.15) is 0 Å². The molecule has 1 aromatic carbocycles. The van der Waals surface area contributed by atoms with Crippen molar-refractivity contribution in [1.29, 1.82) is 0 Å². The Labute approximate surface area is 136 Å². The maximum atomic E-state index is 11.8. The number of ether oxygens (including phenoxy) is 1. The van der Waals surface area contributed by atoms with Gasteiger partial charge in [0, 0.05) is 11.5 Å². The average Bonchev–Trinajstić information content (AvgIpc) is 3.05. The molecular formula is C14H16N2O4S2. The third kappa shape index (κ3) is 4.96. The molecule has 0 unspecified atom stereocenters. The third-order valence-corrected chi connectivity index (χ3v) is 5.94. The van der Waals surface area contributed by atoms with Gasteiger partial charge in [-0.3, -0.25) is 9.59 Å². The van der Waals surface area contributed by atoms with Crippen LogP contribution in [-0.4, -0.2) is 42.4 Å². The number of esters is 1. The van der Waals surface area contributed by atoms with Gasteiger partial charge in [0.2, 0.25) is 5.91 Å². The van der Waals surface area contributed by atoms with Crippen LogP contribution in [0.3, 0.4) is 0 Å². The van der Waals surface area contributed by atoms with E-state index in [2.05, 4.69) is 5.32 Å². The molecule has 2 amide bonds. The lowest BCUT2D eigenvalue weighted by Gasteiger charge is -2.09. The minimum Gasteiger partial charge on any atom is -0.452 e. The first kappa shape index (κ1) is 16.7. The van der Waals surface area contributed by atoms with Crippen LogP contribution in [0.4, 0.5) is 0 Å². The zero-order valence-electron chi connectivity index (χ0n) is 11.7. The Morgan fingerprint density at radius 3 is 2.41 bits per heavy atom. The lowest BCUT2D eigenvalue weighted by molar-refractivity contribution is -0.127. The maximum absolute atomic E-state index is 11.8. The van der Waals surface area contributed by atoms with Crippen LogP contribution in [0.2, 0.25) is 0 Å². The molecule has 0 saturated carbocycles. The minimum absolute atomic E-state index is 0.276. The van der Waals surface area contributed by atoms with E-state index in [1.54, 1.807) is 12.1 Å². The molecule has 6 nitrogen and oxygen atoms in total. The zero-order valence-corrected chi connectivity index (χ0v) is 13.4. The van der Waals surface area contributed by atoms with Gasteiger partial charge in [0.25, 0.3) is 5.91 Å². The fraction of sp³-hybridized carbons (Fsp3) is 0.357. The number of carbonyl (C=O) groups is 3. The molecule has 1 aliphatic rings. The summed E-state index contributed by atoms with van der Waals surface area (Å²) >= 11 is 3.78. The number of carbonyl (C=O) groups excluding carboxylic acids is 3. The molecular weight excluding hydrogens is 324 g/mol. The summed E-state index contributed by atoms with van der Waals surface area (Å²) < 4.78 is 5.29. The zero-order chi connectivity index (χ0) is 15.9. The molecule has 1 saturated heterocycles. The van der Waals surface area contributed by atoms with Crippen molar-refractivity contribution in [2.75, 3.05) is 24.7 Å². The first-order valence-electron chi connectivity index (χ1n) is 6.61. The molecule has 1 aliphatic heterocycles.